The van der Waals surface area contributed by atoms with E-state index in [1.165, 1.54) is 0 Å². The van der Waals surface area contributed by atoms with Gasteiger partial charge in [0.05, 0.1) is 23.0 Å². The summed E-state index contributed by atoms with van der Waals surface area (Å²) in [6.45, 7) is 0.525. The average Bonchev–Trinajstić information content (AvgIpc) is 2.53. The fraction of sp³-hybridized carbons (Fsp3) is 0.0625. The Bertz CT molecular complexity index is 797. The molecule has 3 aromatic rings. The number of carbonyl (C=O) groups is 1. The van der Waals surface area contributed by atoms with Gasteiger partial charge < -0.3 is 10.4 Å². The van der Waals surface area contributed by atoms with Gasteiger partial charge in [0.15, 0.2) is 0 Å². The highest BCUT2D eigenvalue weighted by Gasteiger charge is 2.05. The van der Waals surface area contributed by atoms with E-state index in [1.54, 1.807) is 24.4 Å². The first kappa shape index (κ1) is 13.1. The smallest absolute Gasteiger partial charge is 0.335 e. The lowest BCUT2D eigenvalue weighted by atomic mass is 10.1. The third-order valence-electron chi connectivity index (χ3n) is 3.20. The molecule has 104 valence electrons. The molecule has 0 aliphatic rings. The molecule has 1 aromatic heterocycles. The van der Waals surface area contributed by atoms with Crippen LogP contribution in [0, 0.1) is 0 Å². The minimum Gasteiger partial charge on any atom is -0.478 e. The number of aromatic nitrogens is 2. The number of nitrogens with one attached hydrogen (secondary N) is 1. The van der Waals surface area contributed by atoms with Crippen molar-refractivity contribution in [1.82, 2.24) is 10.2 Å². The monoisotopic (exact) mass is 279 g/mol. The zero-order chi connectivity index (χ0) is 14.7. The summed E-state index contributed by atoms with van der Waals surface area (Å²) in [5.74, 6) is -0.923. The highest BCUT2D eigenvalue weighted by molar-refractivity contribution is 5.90. The molecular weight excluding hydrogens is 266 g/mol. The van der Waals surface area contributed by atoms with Gasteiger partial charge in [0.25, 0.3) is 0 Å². The molecule has 0 radical (unpaired) electrons. The molecule has 0 atom stereocenters. The summed E-state index contributed by atoms with van der Waals surface area (Å²) in [5.41, 5.74) is 2.88. The van der Waals surface area contributed by atoms with Crippen LogP contribution in [0.4, 0.5) is 5.69 Å². The van der Waals surface area contributed by atoms with E-state index in [0.717, 1.165) is 22.2 Å². The molecule has 0 spiro atoms. The molecule has 0 aliphatic carbocycles. The fourth-order valence-electron chi connectivity index (χ4n) is 2.16. The van der Waals surface area contributed by atoms with Gasteiger partial charge in [-0.2, -0.15) is 10.2 Å². The van der Waals surface area contributed by atoms with Crippen LogP contribution in [0.3, 0.4) is 0 Å². The van der Waals surface area contributed by atoms with Crippen LogP contribution >= 0.6 is 0 Å². The molecule has 5 nitrogen and oxygen atoms in total. The highest BCUT2D eigenvalue weighted by atomic mass is 16.4. The van der Waals surface area contributed by atoms with Gasteiger partial charge in [-0.15, -0.1) is 0 Å². The molecule has 0 fully saturated rings. The summed E-state index contributed by atoms with van der Waals surface area (Å²) >= 11 is 0. The highest BCUT2D eigenvalue weighted by Crippen LogP contribution is 2.20. The molecule has 0 saturated heterocycles. The number of benzene rings is 2. The lowest BCUT2D eigenvalue weighted by Crippen LogP contribution is -2.03. The van der Waals surface area contributed by atoms with E-state index in [-0.39, 0.29) is 5.56 Å². The predicted molar refractivity (Wildman–Crippen MR) is 80.3 cm³/mol. The summed E-state index contributed by atoms with van der Waals surface area (Å²) < 4.78 is 0. The molecule has 2 aromatic carbocycles. The van der Waals surface area contributed by atoms with E-state index in [0.29, 0.717) is 6.54 Å². The zero-order valence-electron chi connectivity index (χ0n) is 11.2. The van der Waals surface area contributed by atoms with Crippen LogP contribution in [-0.2, 0) is 6.54 Å². The average molecular weight is 279 g/mol. The third-order valence-corrected chi connectivity index (χ3v) is 3.20. The van der Waals surface area contributed by atoms with Gasteiger partial charge in [0.1, 0.15) is 0 Å². The standard InChI is InChI=1S/C16H13N3O2/c20-16(21)12-5-3-4-11(8-12)9-17-15-10-18-19-14-7-2-1-6-13(14)15/h1-8,10H,9H2,(H,17,19)(H,20,21). The van der Waals surface area contributed by atoms with Crippen LogP contribution < -0.4 is 5.32 Å². The van der Waals surface area contributed by atoms with E-state index in [1.807, 2.05) is 30.3 Å². The Morgan fingerprint density at radius 1 is 1.14 bits per heavy atom. The van der Waals surface area contributed by atoms with Gasteiger partial charge in [0, 0.05) is 11.9 Å². The number of carboxylic acid groups (broad SMARTS) is 1. The minimum absolute atomic E-state index is 0.284. The van der Waals surface area contributed by atoms with Crippen molar-refractivity contribution < 1.29 is 9.90 Å². The molecule has 0 bridgehead atoms. The number of fused-ring (bicyclic) bond motifs is 1. The van der Waals surface area contributed by atoms with Crippen molar-refractivity contribution in [3.8, 4) is 0 Å². The molecular formula is C16H13N3O2. The van der Waals surface area contributed by atoms with Crippen LogP contribution in [0.25, 0.3) is 10.9 Å². The quantitative estimate of drug-likeness (QED) is 0.768. The van der Waals surface area contributed by atoms with Gasteiger partial charge in [0.2, 0.25) is 0 Å². The van der Waals surface area contributed by atoms with Gasteiger partial charge in [-0.1, -0.05) is 30.3 Å². The van der Waals surface area contributed by atoms with Crippen LogP contribution in [-0.4, -0.2) is 21.3 Å². The number of rotatable bonds is 4. The molecule has 1 heterocycles. The molecule has 0 unspecified atom stereocenters. The second-order valence-corrected chi connectivity index (χ2v) is 4.63. The van der Waals surface area contributed by atoms with Gasteiger partial charge in [-0.25, -0.2) is 4.79 Å². The summed E-state index contributed by atoms with van der Waals surface area (Å²) in [6, 6.07) is 14.6. The van der Waals surface area contributed by atoms with E-state index in [4.69, 9.17) is 5.11 Å². The summed E-state index contributed by atoms with van der Waals surface area (Å²) in [5, 5.41) is 21.3. The lowest BCUT2D eigenvalue weighted by molar-refractivity contribution is 0.0697. The van der Waals surface area contributed by atoms with Gasteiger partial charge in [-0.3, -0.25) is 0 Å². The van der Waals surface area contributed by atoms with E-state index in [9.17, 15) is 4.79 Å². The largest absolute Gasteiger partial charge is 0.478 e. The van der Waals surface area contributed by atoms with Crippen molar-refractivity contribution in [3.63, 3.8) is 0 Å². The van der Waals surface area contributed by atoms with E-state index < -0.39 is 5.97 Å². The normalized spacial score (nSPS) is 10.5. The maximum Gasteiger partial charge on any atom is 0.335 e. The Labute approximate surface area is 121 Å². The Balaban J connectivity index is 1.84. The minimum atomic E-state index is -0.923. The molecule has 3 rings (SSSR count). The second kappa shape index (κ2) is 5.58. The number of carboxylic acids is 1. The molecule has 2 N–H and O–H groups in total. The third kappa shape index (κ3) is 2.81. The lowest BCUT2D eigenvalue weighted by Gasteiger charge is -2.09. The molecule has 5 heteroatoms. The molecule has 0 saturated carbocycles. The maximum atomic E-state index is 11.0. The van der Waals surface area contributed by atoms with Crippen molar-refractivity contribution >= 4 is 22.6 Å². The van der Waals surface area contributed by atoms with Crippen molar-refractivity contribution in [2.75, 3.05) is 5.32 Å². The van der Waals surface area contributed by atoms with Crippen LogP contribution in [0.2, 0.25) is 0 Å². The number of anilines is 1. The van der Waals surface area contributed by atoms with Crippen LogP contribution in [0.1, 0.15) is 15.9 Å². The topological polar surface area (TPSA) is 75.1 Å². The van der Waals surface area contributed by atoms with E-state index >= 15 is 0 Å². The Hall–Kier alpha value is -2.95. The Morgan fingerprint density at radius 3 is 2.86 bits per heavy atom. The number of nitrogens with zero attached hydrogens (tertiary/aromatic N) is 2. The summed E-state index contributed by atoms with van der Waals surface area (Å²) in [7, 11) is 0. The SMILES string of the molecule is O=C(O)c1cccc(CNc2cnnc3ccccc23)c1. The summed E-state index contributed by atoms with van der Waals surface area (Å²) in [4.78, 5) is 11.0. The zero-order valence-corrected chi connectivity index (χ0v) is 11.2. The van der Waals surface area contributed by atoms with Crippen molar-refractivity contribution in [2.45, 2.75) is 6.54 Å². The second-order valence-electron chi connectivity index (χ2n) is 4.63. The molecule has 0 amide bonds. The first-order valence-electron chi connectivity index (χ1n) is 6.50. The van der Waals surface area contributed by atoms with Crippen LogP contribution in [0.5, 0.6) is 0 Å². The number of aromatic carboxylic acids is 1. The van der Waals surface area contributed by atoms with Gasteiger partial charge in [-0.05, 0) is 23.8 Å². The molecule has 0 aliphatic heterocycles. The Morgan fingerprint density at radius 2 is 2.00 bits per heavy atom. The Kier molecular flexibility index (Phi) is 3.47. The predicted octanol–water partition coefficient (Wildman–Crippen LogP) is 2.94. The van der Waals surface area contributed by atoms with Crippen molar-refractivity contribution in [3.05, 3.63) is 65.9 Å². The molecule has 21 heavy (non-hydrogen) atoms. The maximum absolute atomic E-state index is 11.0. The van der Waals surface area contributed by atoms with E-state index in [2.05, 4.69) is 15.5 Å². The first-order valence-corrected chi connectivity index (χ1v) is 6.50. The first-order chi connectivity index (χ1) is 10.2. The fourth-order valence-corrected chi connectivity index (χ4v) is 2.16. The van der Waals surface area contributed by atoms with Crippen molar-refractivity contribution in [1.29, 1.82) is 0 Å². The number of hydrogen-bond donors (Lipinski definition) is 2. The van der Waals surface area contributed by atoms with Crippen molar-refractivity contribution in [2.24, 2.45) is 0 Å². The van der Waals surface area contributed by atoms with Crippen LogP contribution in [0.15, 0.2) is 54.7 Å². The summed E-state index contributed by atoms with van der Waals surface area (Å²) in [6.07, 6.45) is 1.67. The number of hydrogen-bond acceptors (Lipinski definition) is 4. The van der Waals surface area contributed by atoms with Gasteiger partial charge >= 0.3 is 5.97 Å².